The van der Waals surface area contributed by atoms with Crippen LogP contribution in [-0.4, -0.2) is 47.3 Å². The molecule has 1 saturated carbocycles. The van der Waals surface area contributed by atoms with E-state index in [1.54, 1.807) is 6.92 Å². The van der Waals surface area contributed by atoms with Gasteiger partial charge in [-0.1, -0.05) is 11.8 Å². The van der Waals surface area contributed by atoms with Crippen molar-refractivity contribution in [1.82, 2.24) is 15.5 Å². The van der Waals surface area contributed by atoms with Gasteiger partial charge in [0, 0.05) is 5.92 Å². The van der Waals surface area contributed by atoms with E-state index in [0.29, 0.717) is 23.5 Å². The normalized spacial score (nSPS) is 27.7. The molecule has 0 bridgehead atoms. The topological polar surface area (TPSA) is 102 Å². The fourth-order valence-electron chi connectivity index (χ4n) is 2.38. The van der Waals surface area contributed by atoms with Gasteiger partial charge in [-0.05, 0) is 26.2 Å². The van der Waals surface area contributed by atoms with Crippen LogP contribution in [0.3, 0.4) is 0 Å². The summed E-state index contributed by atoms with van der Waals surface area (Å²) in [6, 6.07) is 0. The zero-order chi connectivity index (χ0) is 15.1. The summed E-state index contributed by atoms with van der Waals surface area (Å²) < 4.78 is 28.4. The van der Waals surface area contributed by atoms with Crippen molar-refractivity contribution in [3.63, 3.8) is 0 Å². The van der Waals surface area contributed by atoms with Crippen molar-refractivity contribution in [2.45, 2.75) is 42.9 Å². The van der Waals surface area contributed by atoms with Crippen molar-refractivity contribution in [2.24, 2.45) is 0 Å². The first-order valence-electron chi connectivity index (χ1n) is 6.83. The van der Waals surface area contributed by atoms with Gasteiger partial charge >= 0.3 is 0 Å². The molecule has 1 N–H and O–H groups in total. The highest BCUT2D eigenvalue weighted by Crippen LogP contribution is 2.39. The molecule has 116 valence electrons. The van der Waals surface area contributed by atoms with Gasteiger partial charge in [0.05, 0.1) is 22.8 Å². The fourth-order valence-corrected chi connectivity index (χ4v) is 5.05. The third kappa shape index (κ3) is 3.76. The Bertz CT molecular complexity index is 653. The first-order chi connectivity index (χ1) is 9.85. The molecule has 0 radical (unpaired) electrons. The van der Waals surface area contributed by atoms with Crippen molar-refractivity contribution in [2.75, 3.05) is 17.3 Å². The van der Waals surface area contributed by atoms with Crippen LogP contribution >= 0.6 is 11.8 Å². The molecule has 0 spiro atoms. The number of thioether (sulfide) groups is 1. The van der Waals surface area contributed by atoms with E-state index in [1.807, 2.05) is 0 Å². The van der Waals surface area contributed by atoms with E-state index in [4.69, 9.17) is 4.42 Å². The van der Waals surface area contributed by atoms with Crippen molar-refractivity contribution >= 4 is 27.5 Å². The van der Waals surface area contributed by atoms with E-state index in [2.05, 4.69) is 15.5 Å². The van der Waals surface area contributed by atoms with Crippen molar-refractivity contribution in [1.29, 1.82) is 0 Å². The fraction of sp³-hybridized carbons (Fsp3) is 0.750. The molecule has 2 heterocycles. The standard InChI is InChI=1S/C12H17N3O4S2/c1-12(4-5-21(17,18)7-12)13-9(16)6-20-11-15-14-10(19-11)8-2-3-8/h8H,2-7H2,1H3,(H,13,16)/t12-/m0/s1. The van der Waals surface area contributed by atoms with Crippen LogP contribution in [0.1, 0.15) is 38.0 Å². The number of rotatable bonds is 5. The summed E-state index contributed by atoms with van der Waals surface area (Å²) in [5.41, 5.74) is -0.662. The lowest BCUT2D eigenvalue weighted by Gasteiger charge is -2.23. The predicted octanol–water partition coefficient (Wildman–Crippen LogP) is 0.732. The van der Waals surface area contributed by atoms with Crippen LogP contribution in [0.25, 0.3) is 0 Å². The Hall–Kier alpha value is -1.09. The third-order valence-electron chi connectivity index (χ3n) is 3.62. The van der Waals surface area contributed by atoms with Gasteiger partial charge in [0.25, 0.3) is 5.22 Å². The lowest BCUT2D eigenvalue weighted by molar-refractivity contribution is -0.120. The van der Waals surface area contributed by atoms with Gasteiger partial charge in [-0.15, -0.1) is 10.2 Å². The van der Waals surface area contributed by atoms with Gasteiger partial charge in [-0.25, -0.2) is 8.42 Å². The second-order valence-corrected chi connectivity index (χ2v) is 9.03. The lowest BCUT2D eigenvalue weighted by Crippen LogP contribution is -2.47. The highest BCUT2D eigenvalue weighted by Gasteiger charge is 2.39. The average molecular weight is 331 g/mol. The summed E-state index contributed by atoms with van der Waals surface area (Å²) in [6.07, 6.45) is 2.62. The number of nitrogens with one attached hydrogen (secondary N) is 1. The van der Waals surface area contributed by atoms with Gasteiger partial charge in [0.1, 0.15) is 0 Å². The van der Waals surface area contributed by atoms with Crippen LogP contribution in [0.5, 0.6) is 0 Å². The Kier molecular flexibility index (Phi) is 3.73. The Morgan fingerprint density at radius 3 is 2.86 bits per heavy atom. The highest BCUT2D eigenvalue weighted by atomic mass is 32.2. The number of sulfone groups is 1. The Labute approximate surface area is 127 Å². The average Bonchev–Trinajstić information content (AvgIpc) is 3.06. The SMILES string of the molecule is C[C@]1(NC(=O)CSc2nnc(C3CC3)o2)CCS(=O)(=O)C1. The zero-order valence-corrected chi connectivity index (χ0v) is 13.3. The highest BCUT2D eigenvalue weighted by molar-refractivity contribution is 7.99. The van der Waals surface area contributed by atoms with Gasteiger partial charge in [-0.2, -0.15) is 0 Å². The summed E-state index contributed by atoms with van der Waals surface area (Å²) in [7, 11) is -3.03. The van der Waals surface area contributed by atoms with E-state index in [0.717, 1.165) is 12.8 Å². The number of amides is 1. The molecular formula is C12H17N3O4S2. The van der Waals surface area contributed by atoms with Gasteiger partial charge in [0.15, 0.2) is 9.84 Å². The lowest BCUT2D eigenvalue weighted by atomic mass is 10.0. The van der Waals surface area contributed by atoms with E-state index < -0.39 is 15.4 Å². The summed E-state index contributed by atoms with van der Waals surface area (Å²) in [5.74, 6) is 1.09. The van der Waals surface area contributed by atoms with Gasteiger partial charge in [0.2, 0.25) is 11.8 Å². The maximum absolute atomic E-state index is 11.9. The monoisotopic (exact) mass is 331 g/mol. The Morgan fingerprint density at radius 2 is 2.24 bits per heavy atom. The number of carbonyl (C=O) groups excluding carboxylic acids is 1. The minimum absolute atomic E-state index is 0.00277. The molecule has 9 heteroatoms. The van der Waals surface area contributed by atoms with Crippen molar-refractivity contribution in [3.8, 4) is 0 Å². The molecule has 21 heavy (non-hydrogen) atoms. The summed E-state index contributed by atoms with van der Waals surface area (Å²) in [4.78, 5) is 11.9. The number of hydrogen-bond acceptors (Lipinski definition) is 7. The van der Waals surface area contributed by atoms with E-state index >= 15 is 0 Å². The molecule has 1 saturated heterocycles. The Balaban J connectivity index is 1.49. The summed E-state index contributed by atoms with van der Waals surface area (Å²) in [6.45, 7) is 1.76. The molecule has 0 aromatic carbocycles. The quantitative estimate of drug-likeness (QED) is 0.794. The largest absolute Gasteiger partial charge is 0.416 e. The van der Waals surface area contributed by atoms with E-state index in [1.165, 1.54) is 11.8 Å². The van der Waals surface area contributed by atoms with Crippen LogP contribution in [0, 0.1) is 0 Å². The molecule has 2 aliphatic rings. The van der Waals surface area contributed by atoms with Crippen molar-refractivity contribution in [3.05, 3.63) is 5.89 Å². The molecule has 1 aliphatic carbocycles. The first-order valence-corrected chi connectivity index (χ1v) is 9.64. The number of nitrogens with zero attached hydrogens (tertiary/aromatic N) is 2. The molecule has 1 aromatic heterocycles. The third-order valence-corrected chi connectivity index (χ3v) is 6.34. The van der Waals surface area contributed by atoms with Gasteiger partial charge in [-0.3, -0.25) is 4.79 Å². The van der Waals surface area contributed by atoms with E-state index in [-0.39, 0.29) is 23.2 Å². The minimum atomic E-state index is -3.03. The second-order valence-electron chi connectivity index (χ2n) is 5.92. The smallest absolute Gasteiger partial charge is 0.277 e. The molecule has 7 nitrogen and oxygen atoms in total. The molecule has 1 aliphatic heterocycles. The predicted molar refractivity (Wildman–Crippen MR) is 76.8 cm³/mol. The van der Waals surface area contributed by atoms with Crippen LogP contribution in [0.4, 0.5) is 0 Å². The molecule has 2 fully saturated rings. The molecule has 1 amide bonds. The molecule has 0 unspecified atom stereocenters. The number of hydrogen-bond donors (Lipinski definition) is 1. The zero-order valence-electron chi connectivity index (χ0n) is 11.7. The first kappa shape index (κ1) is 14.8. The van der Waals surface area contributed by atoms with Crippen LogP contribution in [0.2, 0.25) is 0 Å². The summed E-state index contributed by atoms with van der Waals surface area (Å²) in [5, 5.41) is 11.0. The number of carbonyl (C=O) groups is 1. The second kappa shape index (κ2) is 5.28. The minimum Gasteiger partial charge on any atom is -0.416 e. The summed E-state index contributed by atoms with van der Waals surface area (Å²) >= 11 is 1.17. The van der Waals surface area contributed by atoms with Gasteiger partial charge < -0.3 is 9.73 Å². The van der Waals surface area contributed by atoms with Crippen LogP contribution < -0.4 is 5.32 Å². The molecule has 3 rings (SSSR count). The molecule has 1 atom stereocenters. The Morgan fingerprint density at radius 1 is 1.48 bits per heavy atom. The molecular weight excluding hydrogens is 314 g/mol. The van der Waals surface area contributed by atoms with Crippen LogP contribution in [-0.2, 0) is 14.6 Å². The van der Waals surface area contributed by atoms with Crippen LogP contribution in [0.15, 0.2) is 9.64 Å². The maximum Gasteiger partial charge on any atom is 0.277 e. The maximum atomic E-state index is 11.9. The van der Waals surface area contributed by atoms with E-state index in [9.17, 15) is 13.2 Å². The van der Waals surface area contributed by atoms with Crippen molar-refractivity contribution < 1.29 is 17.6 Å². The molecule has 1 aromatic rings. The number of aromatic nitrogens is 2.